The molecule has 0 aliphatic rings. The summed E-state index contributed by atoms with van der Waals surface area (Å²) in [6, 6.07) is 14.8. The summed E-state index contributed by atoms with van der Waals surface area (Å²) in [5, 5.41) is 0.190. The van der Waals surface area contributed by atoms with E-state index in [0.717, 1.165) is 16.7 Å². The third-order valence-electron chi connectivity index (χ3n) is 3.57. The smallest absolute Gasteiger partial charge is 0.261 e. The number of aromatic nitrogens is 4. The molecule has 22 heavy (non-hydrogen) atoms. The fourth-order valence-electron chi connectivity index (χ4n) is 2.65. The molecule has 0 atom stereocenters. The van der Waals surface area contributed by atoms with Crippen LogP contribution in [-0.2, 0) is 6.54 Å². The fraction of sp³-hybridized carbons (Fsp3) is 0.0625. The minimum Gasteiger partial charge on any atom is -0.303 e. The second-order valence-corrected chi connectivity index (χ2v) is 5.34. The van der Waals surface area contributed by atoms with Crippen molar-refractivity contribution in [3.05, 3.63) is 75.9 Å². The van der Waals surface area contributed by atoms with Crippen molar-refractivity contribution in [2.24, 2.45) is 0 Å². The summed E-state index contributed by atoms with van der Waals surface area (Å²) in [6.45, 7) is 0.518. The molecule has 0 aliphatic heterocycles. The van der Waals surface area contributed by atoms with Gasteiger partial charge in [0.15, 0.2) is 0 Å². The van der Waals surface area contributed by atoms with E-state index in [9.17, 15) is 4.79 Å². The second-order valence-electron chi connectivity index (χ2n) is 4.95. The molecule has 0 radical (unpaired) electrons. The molecule has 0 aliphatic carbocycles. The Morgan fingerprint density at radius 3 is 2.59 bits per heavy atom. The van der Waals surface area contributed by atoms with Gasteiger partial charge in [0.25, 0.3) is 5.56 Å². The van der Waals surface area contributed by atoms with Gasteiger partial charge in [-0.25, -0.2) is 9.38 Å². The zero-order valence-corrected chi connectivity index (χ0v) is 12.2. The van der Waals surface area contributed by atoms with Crippen molar-refractivity contribution in [3.63, 3.8) is 0 Å². The van der Waals surface area contributed by atoms with Gasteiger partial charge in [-0.05, 0) is 24.3 Å². The number of para-hydroxylation sites is 2. The van der Waals surface area contributed by atoms with Crippen molar-refractivity contribution < 1.29 is 0 Å². The van der Waals surface area contributed by atoms with Crippen LogP contribution in [0.4, 0.5) is 0 Å². The molecule has 0 bridgehead atoms. The largest absolute Gasteiger partial charge is 0.303 e. The van der Waals surface area contributed by atoms with Crippen LogP contribution < -0.4 is 5.56 Å². The average Bonchev–Trinajstić information content (AvgIpc) is 2.83. The minimum absolute atomic E-state index is 0.189. The number of imidazole rings is 1. The van der Waals surface area contributed by atoms with Gasteiger partial charge in [0.05, 0.1) is 23.3 Å². The molecule has 0 N–H and O–H groups in total. The maximum Gasteiger partial charge on any atom is 0.261 e. The van der Waals surface area contributed by atoms with Crippen LogP contribution in [0.1, 0.15) is 5.69 Å². The standard InChI is InChI=1S/C16H11ClN4O/c17-14-9-15(22)21-13-7-2-1-6-12(13)20(16(21)19-14)10-11-5-3-4-8-18-11/h1-9H,10H2. The van der Waals surface area contributed by atoms with Crippen LogP contribution in [0.2, 0.25) is 5.15 Å². The highest BCUT2D eigenvalue weighted by atomic mass is 35.5. The van der Waals surface area contributed by atoms with E-state index in [0.29, 0.717) is 12.3 Å². The Hall–Kier alpha value is -2.66. The molecule has 0 amide bonds. The molecular weight excluding hydrogens is 300 g/mol. The quantitative estimate of drug-likeness (QED) is 0.535. The van der Waals surface area contributed by atoms with Gasteiger partial charge in [-0.3, -0.25) is 9.78 Å². The molecule has 0 spiro atoms. The first-order chi connectivity index (χ1) is 10.7. The van der Waals surface area contributed by atoms with Crippen LogP contribution in [-0.4, -0.2) is 18.9 Å². The first-order valence-corrected chi connectivity index (χ1v) is 7.18. The summed E-state index contributed by atoms with van der Waals surface area (Å²) in [7, 11) is 0. The van der Waals surface area contributed by atoms with Crippen LogP contribution in [0.25, 0.3) is 16.8 Å². The summed E-state index contributed by atoms with van der Waals surface area (Å²) in [5.41, 5.74) is 2.42. The molecule has 3 heterocycles. The third-order valence-corrected chi connectivity index (χ3v) is 3.76. The molecule has 108 valence electrons. The van der Waals surface area contributed by atoms with E-state index in [1.165, 1.54) is 6.07 Å². The molecular formula is C16H11ClN4O. The Morgan fingerprint density at radius 2 is 1.82 bits per heavy atom. The number of nitrogens with zero attached hydrogens (tertiary/aromatic N) is 4. The van der Waals surface area contributed by atoms with Gasteiger partial charge in [-0.1, -0.05) is 29.8 Å². The molecule has 5 nitrogen and oxygen atoms in total. The van der Waals surface area contributed by atoms with E-state index < -0.39 is 0 Å². The van der Waals surface area contributed by atoms with Gasteiger partial charge in [-0.2, -0.15) is 0 Å². The normalized spacial score (nSPS) is 11.3. The lowest BCUT2D eigenvalue weighted by Crippen LogP contribution is -2.14. The molecule has 0 fully saturated rings. The fourth-order valence-corrected chi connectivity index (χ4v) is 2.82. The zero-order chi connectivity index (χ0) is 15.1. The molecule has 0 unspecified atom stereocenters. The van der Waals surface area contributed by atoms with E-state index in [2.05, 4.69) is 9.97 Å². The van der Waals surface area contributed by atoms with Gasteiger partial charge >= 0.3 is 0 Å². The number of hydrogen-bond donors (Lipinski definition) is 0. The molecule has 1 aromatic carbocycles. The first-order valence-electron chi connectivity index (χ1n) is 6.80. The van der Waals surface area contributed by atoms with Crippen LogP contribution in [0.15, 0.2) is 59.5 Å². The number of rotatable bonds is 2. The lowest BCUT2D eigenvalue weighted by atomic mass is 10.3. The predicted molar refractivity (Wildman–Crippen MR) is 85.3 cm³/mol. The third kappa shape index (κ3) is 1.98. The van der Waals surface area contributed by atoms with Crippen LogP contribution in [0.5, 0.6) is 0 Å². The summed E-state index contributed by atoms with van der Waals surface area (Å²) in [5.74, 6) is 0.518. The summed E-state index contributed by atoms with van der Waals surface area (Å²) >= 11 is 5.97. The van der Waals surface area contributed by atoms with Crippen molar-refractivity contribution >= 4 is 28.4 Å². The van der Waals surface area contributed by atoms with Crippen molar-refractivity contribution in [2.45, 2.75) is 6.54 Å². The molecule has 0 saturated heterocycles. The Morgan fingerprint density at radius 1 is 1.05 bits per heavy atom. The number of fused-ring (bicyclic) bond motifs is 3. The summed E-state index contributed by atoms with van der Waals surface area (Å²) in [6.07, 6.45) is 1.75. The van der Waals surface area contributed by atoms with Gasteiger partial charge in [0.2, 0.25) is 5.78 Å². The first kappa shape index (κ1) is 13.0. The molecule has 0 saturated carbocycles. The van der Waals surface area contributed by atoms with E-state index in [4.69, 9.17) is 11.6 Å². The summed E-state index contributed by atoms with van der Waals surface area (Å²) in [4.78, 5) is 21.0. The number of pyridine rings is 1. The van der Waals surface area contributed by atoms with Crippen molar-refractivity contribution in [2.75, 3.05) is 0 Å². The number of benzene rings is 1. The average molecular weight is 311 g/mol. The van der Waals surface area contributed by atoms with Gasteiger partial charge in [0, 0.05) is 12.3 Å². The van der Waals surface area contributed by atoms with Gasteiger partial charge in [-0.15, -0.1) is 0 Å². The number of halogens is 1. The Kier molecular flexibility index (Phi) is 2.94. The highest BCUT2D eigenvalue weighted by Crippen LogP contribution is 2.20. The van der Waals surface area contributed by atoms with Crippen molar-refractivity contribution in [1.29, 1.82) is 0 Å². The Bertz CT molecular complexity index is 1040. The van der Waals surface area contributed by atoms with Crippen molar-refractivity contribution in [1.82, 2.24) is 18.9 Å². The molecule has 6 heteroatoms. The lowest BCUT2D eigenvalue weighted by molar-refractivity contribution is 0.807. The highest BCUT2D eigenvalue weighted by molar-refractivity contribution is 6.29. The predicted octanol–water partition coefficient (Wildman–Crippen LogP) is 2.75. The second kappa shape index (κ2) is 4.96. The van der Waals surface area contributed by atoms with Gasteiger partial charge in [0.1, 0.15) is 5.15 Å². The number of hydrogen-bond acceptors (Lipinski definition) is 3. The molecule has 3 aromatic heterocycles. The SMILES string of the molecule is O=c1cc(Cl)nc2n(Cc3ccccn3)c3ccccc3n12. The Balaban J connectivity index is 2.08. The van der Waals surface area contributed by atoms with Crippen molar-refractivity contribution in [3.8, 4) is 0 Å². The van der Waals surface area contributed by atoms with Crippen LogP contribution in [0, 0.1) is 0 Å². The maximum atomic E-state index is 12.3. The highest BCUT2D eigenvalue weighted by Gasteiger charge is 2.14. The van der Waals surface area contributed by atoms with E-state index in [1.807, 2.05) is 47.0 Å². The monoisotopic (exact) mass is 310 g/mol. The topological polar surface area (TPSA) is 52.2 Å². The van der Waals surface area contributed by atoms with E-state index in [-0.39, 0.29) is 10.7 Å². The van der Waals surface area contributed by atoms with Crippen LogP contribution >= 0.6 is 11.6 Å². The Labute approximate surface area is 130 Å². The lowest BCUT2D eigenvalue weighted by Gasteiger charge is -2.05. The van der Waals surface area contributed by atoms with Gasteiger partial charge < -0.3 is 4.57 Å². The zero-order valence-electron chi connectivity index (χ0n) is 11.5. The maximum absolute atomic E-state index is 12.3. The summed E-state index contributed by atoms with van der Waals surface area (Å²) < 4.78 is 3.52. The van der Waals surface area contributed by atoms with E-state index in [1.54, 1.807) is 10.6 Å². The van der Waals surface area contributed by atoms with Crippen LogP contribution in [0.3, 0.4) is 0 Å². The minimum atomic E-state index is -0.189. The molecule has 4 aromatic rings. The molecule has 4 rings (SSSR count). The van der Waals surface area contributed by atoms with E-state index >= 15 is 0 Å².